The SMILES string of the molecule is Nc1ncc(-c2cnc(C3(c4ncccc4F)CC(F)C3)nc2)cn1. The summed E-state index contributed by atoms with van der Waals surface area (Å²) in [4.78, 5) is 20.7. The van der Waals surface area contributed by atoms with Gasteiger partial charge in [0.15, 0.2) is 0 Å². The van der Waals surface area contributed by atoms with Crippen molar-refractivity contribution in [1.82, 2.24) is 24.9 Å². The van der Waals surface area contributed by atoms with Crippen molar-refractivity contribution >= 4 is 5.95 Å². The molecule has 2 N–H and O–H groups in total. The van der Waals surface area contributed by atoms with Crippen LogP contribution in [0.1, 0.15) is 24.4 Å². The molecule has 1 aliphatic carbocycles. The van der Waals surface area contributed by atoms with Crippen molar-refractivity contribution in [3.63, 3.8) is 0 Å². The number of nitrogen functional groups attached to an aromatic ring is 1. The summed E-state index contributed by atoms with van der Waals surface area (Å²) < 4.78 is 27.9. The van der Waals surface area contributed by atoms with Crippen LogP contribution in [0, 0.1) is 5.82 Å². The van der Waals surface area contributed by atoms with E-state index in [2.05, 4.69) is 24.9 Å². The monoisotopic (exact) mass is 340 g/mol. The van der Waals surface area contributed by atoms with E-state index in [-0.39, 0.29) is 24.5 Å². The quantitative estimate of drug-likeness (QED) is 0.788. The third-order valence-electron chi connectivity index (χ3n) is 4.44. The van der Waals surface area contributed by atoms with E-state index in [1.807, 2.05) is 0 Å². The third kappa shape index (κ3) is 2.59. The number of aromatic nitrogens is 5. The molecule has 4 rings (SSSR count). The smallest absolute Gasteiger partial charge is 0.219 e. The Bertz CT molecular complexity index is 892. The number of rotatable bonds is 3. The minimum Gasteiger partial charge on any atom is -0.368 e. The van der Waals surface area contributed by atoms with Gasteiger partial charge in [0.2, 0.25) is 5.95 Å². The maximum Gasteiger partial charge on any atom is 0.219 e. The fourth-order valence-corrected chi connectivity index (χ4v) is 3.13. The van der Waals surface area contributed by atoms with Gasteiger partial charge in [-0.25, -0.2) is 28.7 Å². The van der Waals surface area contributed by atoms with Gasteiger partial charge in [-0.2, -0.15) is 0 Å². The van der Waals surface area contributed by atoms with Crippen LogP contribution in [-0.2, 0) is 5.41 Å². The molecular weight excluding hydrogens is 326 g/mol. The van der Waals surface area contributed by atoms with E-state index in [1.54, 1.807) is 24.8 Å². The molecule has 0 aromatic carbocycles. The second kappa shape index (κ2) is 5.80. The minimum atomic E-state index is -1.02. The topological polar surface area (TPSA) is 90.5 Å². The molecule has 25 heavy (non-hydrogen) atoms. The fraction of sp³-hybridized carbons (Fsp3) is 0.235. The number of halogens is 2. The number of anilines is 1. The summed E-state index contributed by atoms with van der Waals surface area (Å²) in [5.41, 5.74) is 6.13. The number of nitrogens with two attached hydrogens (primary N) is 1. The molecule has 3 aromatic rings. The first kappa shape index (κ1) is 15.5. The summed E-state index contributed by atoms with van der Waals surface area (Å²) in [5.74, 6) is 0.0578. The van der Waals surface area contributed by atoms with Gasteiger partial charge in [0.05, 0.1) is 11.1 Å². The molecule has 0 aliphatic heterocycles. The fourth-order valence-electron chi connectivity index (χ4n) is 3.13. The van der Waals surface area contributed by atoms with Crippen molar-refractivity contribution < 1.29 is 8.78 Å². The lowest BCUT2D eigenvalue weighted by molar-refractivity contribution is 0.110. The normalized spacial score (nSPS) is 22.4. The standard InChI is InChI=1S/C17H14F2N6/c18-12-4-17(5-12,14-13(19)2-1-3-21-14)15-22-6-10(7-23-15)11-8-24-16(20)25-9-11/h1-3,6-9,12H,4-5H2,(H2,20,24,25). The van der Waals surface area contributed by atoms with Crippen molar-refractivity contribution in [2.24, 2.45) is 0 Å². The molecule has 1 fully saturated rings. The van der Waals surface area contributed by atoms with Gasteiger partial charge in [-0.05, 0) is 25.0 Å². The lowest BCUT2D eigenvalue weighted by Crippen LogP contribution is -2.46. The van der Waals surface area contributed by atoms with Crippen LogP contribution >= 0.6 is 0 Å². The predicted octanol–water partition coefficient (Wildman–Crippen LogP) is 2.47. The number of nitrogens with zero attached hydrogens (tertiary/aromatic N) is 5. The molecule has 3 heterocycles. The summed E-state index contributed by atoms with van der Waals surface area (Å²) in [5, 5.41) is 0. The van der Waals surface area contributed by atoms with E-state index < -0.39 is 17.4 Å². The molecule has 0 amide bonds. The highest BCUT2D eigenvalue weighted by atomic mass is 19.1. The van der Waals surface area contributed by atoms with Gasteiger partial charge < -0.3 is 5.73 Å². The summed E-state index contributed by atoms with van der Waals surface area (Å²) in [6.07, 6.45) is 7.01. The van der Waals surface area contributed by atoms with E-state index in [9.17, 15) is 8.78 Å². The Labute approximate surface area is 142 Å². The second-order valence-electron chi connectivity index (χ2n) is 6.05. The zero-order chi connectivity index (χ0) is 17.4. The van der Waals surface area contributed by atoms with Gasteiger partial charge in [-0.1, -0.05) is 0 Å². The molecular formula is C17H14F2N6. The average molecular weight is 340 g/mol. The molecule has 0 saturated heterocycles. The van der Waals surface area contributed by atoms with Gasteiger partial charge in [0.1, 0.15) is 17.8 Å². The van der Waals surface area contributed by atoms with Crippen LogP contribution in [0.15, 0.2) is 43.1 Å². The van der Waals surface area contributed by atoms with Crippen molar-refractivity contribution in [2.45, 2.75) is 24.4 Å². The molecule has 0 atom stereocenters. The molecule has 0 spiro atoms. The van der Waals surface area contributed by atoms with Crippen molar-refractivity contribution in [3.05, 3.63) is 60.5 Å². The molecule has 126 valence electrons. The maximum absolute atomic E-state index is 14.2. The first-order chi connectivity index (χ1) is 12.1. The largest absolute Gasteiger partial charge is 0.368 e. The van der Waals surface area contributed by atoms with Gasteiger partial charge in [-0.3, -0.25) is 4.98 Å². The molecule has 6 nitrogen and oxygen atoms in total. The van der Waals surface area contributed by atoms with Crippen LogP contribution in [0.5, 0.6) is 0 Å². The molecule has 8 heteroatoms. The second-order valence-corrected chi connectivity index (χ2v) is 6.05. The molecule has 1 saturated carbocycles. The molecule has 1 aliphatic rings. The molecule has 0 unspecified atom stereocenters. The van der Waals surface area contributed by atoms with Crippen molar-refractivity contribution in [1.29, 1.82) is 0 Å². The Balaban J connectivity index is 1.72. The first-order valence-corrected chi connectivity index (χ1v) is 7.74. The van der Waals surface area contributed by atoms with Gasteiger partial charge >= 0.3 is 0 Å². The highest BCUT2D eigenvalue weighted by Gasteiger charge is 2.52. The van der Waals surface area contributed by atoms with Crippen molar-refractivity contribution in [2.75, 3.05) is 5.73 Å². The molecule has 0 bridgehead atoms. The summed E-state index contributed by atoms with van der Waals surface area (Å²) in [7, 11) is 0. The van der Waals surface area contributed by atoms with Crippen molar-refractivity contribution in [3.8, 4) is 11.1 Å². The van der Waals surface area contributed by atoms with Crippen LogP contribution in [0.4, 0.5) is 14.7 Å². The lowest BCUT2D eigenvalue weighted by atomic mass is 9.64. The first-order valence-electron chi connectivity index (χ1n) is 7.74. The average Bonchev–Trinajstić information content (AvgIpc) is 2.60. The van der Waals surface area contributed by atoms with E-state index in [1.165, 1.54) is 18.3 Å². The van der Waals surface area contributed by atoms with E-state index in [0.717, 1.165) is 0 Å². The number of alkyl halides is 1. The predicted molar refractivity (Wildman–Crippen MR) is 86.6 cm³/mol. The number of pyridine rings is 1. The van der Waals surface area contributed by atoms with Crippen LogP contribution in [0.3, 0.4) is 0 Å². The Morgan fingerprint density at radius 3 is 2.12 bits per heavy atom. The van der Waals surface area contributed by atoms with E-state index >= 15 is 0 Å². The third-order valence-corrected chi connectivity index (χ3v) is 4.44. The number of hydrogen-bond donors (Lipinski definition) is 1. The molecule has 0 radical (unpaired) electrons. The van der Waals surface area contributed by atoms with Crippen LogP contribution < -0.4 is 5.73 Å². The Hall–Kier alpha value is -3.03. The number of hydrogen-bond acceptors (Lipinski definition) is 6. The van der Waals surface area contributed by atoms with Gasteiger partial charge in [0.25, 0.3) is 0 Å². The summed E-state index contributed by atoms with van der Waals surface area (Å²) in [6, 6.07) is 2.82. The van der Waals surface area contributed by atoms with Crippen LogP contribution in [0.25, 0.3) is 11.1 Å². The van der Waals surface area contributed by atoms with E-state index in [4.69, 9.17) is 5.73 Å². The van der Waals surface area contributed by atoms with Crippen LogP contribution in [-0.4, -0.2) is 31.1 Å². The highest BCUT2D eigenvalue weighted by molar-refractivity contribution is 5.59. The summed E-state index contributed by atoms with van der Waals surface area (Å²) in [6.45, 7) is 0. The zero-order valence-electron chi connectivity index (χ0n) is 13.1. The van der Waals surface area contributed by atoms with Gasteiger partial charge in [0, 0.05) is 42.1 Å². The van der Waals surface area contributed by atoms with E-state index in [0.29, 0.717) is 17.0 Å². The Kier molecular flexibility index (Phi) is 3.60. The highest BCUT2D eigenvalue weighted by Crippen LogP contribution is 2.49. The molecule has 3 aromatic heterocycles. The lowest BCUT2D eigenvalue weighted by Gasteiger charge is -2.42. The minimum absolute atomic E-state index is 0.116. The zero-order valence-corrected chi connectivity index (χ0v) is 13.1. The Morgan fingerprint density at radius 1 is 0.960 bits per heavy atom. The van der Waals surface area contributed by atoms with Crippen LogP contribution in [0.2, 0.25) is 0 Å². The van der Waals surface area contributed by atoms with Gasteiger partial charge in [-0.15, -0.1) is 0 Å². The Morgan fingerprint density at radius 2 is 1.56 bits per heavy atom. The summed E-state index contributed by atoms with van der Waals surface area (Å²) >= 11 is 0. The maximum atomic E-state index is 14.2.